The molecule has 2 aliphatic carbocycles. The fourth-order valence-corrected chi connectivity index (χ4v) is 13.7. The van der Waals surface area contributed by atoms with E-state index in [1.807, 2.05) is 0 Å². The second-order valence-electron chi connectivity index (χ2n) is 22.0. The predicted octanol–water partition coefficient (Wildman–Crippen LogP) is 18.9. The summed E-state index contributed by atoms with van der Waals surface area (Å²) in [5.41, 5.74) is 25.3. The van der Waals surface area contributed by atoms with E-state index in [0.29, 0.717) is 0 Å². The molecule has 0 saturated heterocycles. The van der Waals surface area contributed by atoms with Crippen LogP contribution in [-0.4, -0.2) is 19.1 Å². The van der Waals surface area contributed by atoms with Crippen LogP contribution >= 0.6 is 0 Å². The van der Waals surface area contributed by atoms with Gasteiger partial charge in [-0.1, -0.05) is 220 Å². The topological polar surface area (TPSA) is 35.6 Å². The molecule has 376 valence electrons. The highest BCUT2D eigenvalue weighted by atomic mass is 15.1. The summed E-state index contributed by atoms with van der Waals surface area (Å²) >= 11 is 0. The first kappa shape index (κ1) is 46.0. The van der Waals surface area contributed by atoms with Crippen LogP contribution in [0.5, 0.6) is 0 Å². The van der Waals surface area contributed by atoms with Crippen LogP contribution in [0.4, 0.5) is 0 Å². The van der Waals surface area contributed by atoms with Crippen LogP contribution in [0.25, 0.3) is 111 Å². The van der Waals surface area contributed by atoms with Gasteiger partial charge in [-0.15, -0.1) is 0 Å². The van der Waals surface area contributed by atoms with Gasteiger partial charge in [0.2, 0.25) is 0 Å². The van der Waals surface area contributed by atoms with E-state index in [4.69, 9.17) is 9.97 Å². The molecule has 2 aromatic heterocycles. The summed E-state index contributed by atoms with van der Waals surface area (Å²) in [6.07, 6.45) is 0. The average Bonchev–Trinajstić information content (AvgIpc) is 3.99. The van der Waals surface area contributed by atoms with Gasteiger partial charge < -0.3 is 0 Å². The third-order valence-corrected chi connectivity index (χ3v) is 17.4. The molecular weight excluding hydrogens is 969 g/mol. The summed E-state index contributed by atoms with van der Waals surface area (Å²) in [6, 6.07) is 102. The summed E-state index contributed by atoms with van der Waals surface area (Å²) in [5.74, 6) is 1.87. The summed E-state index contributed by atoms with van der Waals surface area (Å²) in [5, 5.41) is 2.49. The number of aromatic nitrogens is 4. The van der Waals surface area contributed by atoms with Gasteiger partial charge in [-0.05, 0) is 161 Å². The molecule has 0 fully saturated rings. The summed E-state index contributed by atoms with van der Waals surface area (Å²) in [6.45, 7) is 4.84. The molecule has 16 rings (SSSR count). The lowest BCUT2D eigenvalue weighted by Crippen LogP contribution is -2.28. The molecule has 0 aliphatic heterocycles. The predicted molar refractivity (Wildman–Crippen MR) is 330 cm³/mol. The lowest BCUT2D eigenvalue weighted by Gasteiger charge is -2.34. The number of para-hydroxylation sites is 4. The van der Waals surface area contributed by atoms with Gasteiger partial charge in [0, 0.05) is 27.9 Å². The Kier molecular flexibility index (Phi) is 10.2. The zero-order chi connectivity index (χ0) is 53.1. The van der Waals surface area contributed by atoms with Crippen molar-refractivity contribution in [2.24, 2.45) is 0 Å². The van der Waals surface area contributed by atoms with Gasteiger partial charge in [0.15, 0.2) is 0 Å². The lowest BCUT2D eigenvalue weighted by molar-refractivity contribution is 0.660. The van der Waals surface area contributed by atoms with Gasteiger partial charge in [0.25, 0.3) is 0 Å². The van der Waals surface area contributed by atoms with E-state index in [-0.39, 0.29) is 5.41 Å². The Hall–Kier alpha value is -10.2. The van der Waals surface area contributed by atoms with Gasteiger partial charge in [0.1, 0.15) is 11.6 Å². The van der Waals surface area contributed by atoms with E-state index in [9.17, 15) is 0 Å². The molecule has 0 amide bonds. The second kappa shape index (κ2) is 17.7. The molecule has 2 heterocycles. The number of rotatable bonds is 8. The van der Waals surface area contributed by atoms with Crippen molar-refractivity contribution in [3.8, 4) is 78.7 Å². The molecule has 14 aromatic rings. The molecule has 0 N–H and O–H groups in total. The molecule has 80 heavy (non-hydrogen) atoms. The molecule has 4 nitrogen and oxygen atoms in total. The molecule has 2 aliphatic rings. The summed E-state index contributed by atoms with van der Waals surface area (Å²) in [7, 11) is 0. The van der Waals surface area contributed by atoms with E-state index < -0.39 is 5.41 Å². The monoisotopic (exact) mass is 1020 g/mol. The minimum absolute atomic E-state index is 0.278. The van der Waals surface area contributed by atoms with E-state index in [1.165, 1.54) is 88.7 Å². The largest absolute Gasteiger partial charge is 0.292 e. The number of imidazole rings is 2. The van der Waals surface area contributed by atoms with Crippen molar-refractivity contribution in [3.05, 3.63) is 312 Å². The minimum Gasteiger partial charge on any atom is -0.292 e. The van der Waals surface area contributed by atoms with E-state index in [1.54, 1.807) is 0 Å². The smallest absolute Gasteiger partial charge is 0.145 e. The Bertz CT molecular complexity index is 4700. The van der Waals surface area contributed by atoms with Crippen LogP contribution in [0.15, 0.2) is 279 Å². The zero-order valence-corrected chi connectivity index (χ0v) is 44.3. The maximum atomic E-state index is 5.16. The van der Waals surface area contributed by atoms with E-state index >= 15 is 0 Å². The van der Waals surface area contributed by atoms with Crippen molar-refractivity contribution < 1.29 is 0 Å². The molecule has 4 heteroatoms. The molecule has 0 saturated carbocycles. The van der Waals surface area contributed by atoms with Crippen molar-refractivity contribution in [2.75, 3.05) is 0 Å². The highest BCUT2D eigenvalue weighted by Crippen LogP contribution is 2.62. The summed E-state index contributed by atoms with van der Waals surface area (Å²) in [4.78, 5) is 10.3. The van der Waals surface area contributed by atoms with Gasteiger partial charge >= 0.3 is 0 Å². The number of fused-ring (bicyclic) bond motifs is 10. The first-order chi connectivity index (χ1) is 39.4. The molecule has 0 atom stereocenters. The minimum atomic E-state index is -0.628. The Balaban J connectivity index is 0.850. The number of benzene rings is 12. The van der Waals surface area contributed by atoms with Crippen molar-refractivity contribution in [2.45, 2.75) is 24.7 Å². The summed E-state index contributed by atoms with van der Waals surface area (Å²) < 4.78 is 4.58. The number of nitrogens with zero attached hydrogens (tertiary/aromatic N) is 4. The van der Waals surface area contributed by atoms with Crippen molar-refractivity contribution in [3.63, 3.8) is 0 Å². The van der Waals surface area contributed by atoms with Gasteiger partial charge in [-0.2, -0.15) is 0 Å². The Morgan fingerprint density at radius 2 is 0.738 bits per heavy atom. The molecule has 12 aromatic carbocycles. The first-order valence-electron chi connectivity index (χ1n) is 27.7. The van der Waals surface area contributed by atoms with Crippen molar-refractivity contribution >= 4 is 32.8 Å². The quantitative estimate of drug-likeness (QED) is 0.152. The standard InChI is InChI=1S/C76H52N4/c1-75(2)64-45-53(49-35-40-56(41-36-49)79-70-33-19-17-31-68(70)77-73(79)51-21-7-3-8-22-51)39-44-59(64)62-47-66-63(48-65(62)75)72-60-30-16-15-29-58(60)61(46-67(72)76(66,54-25-11-5-12-26-54)55-27-13-6-14-28-55)50-37-42-57(43-38-50)80-71-34-20-18-32-69(71)78-74(80)52-23-9-4-10-24-52/h3-48H,1-2H3. The lowest BCUT2D eigenvalue weighted by atomic mass is 9.66. The van der Waals surface area contributed by atoms with Gasteiger partial charge in [-0.3, -0.25) is 9.13 Å². The highest BCUT2D eigenvalue weighted by molar-refractivity contribution is 6.11. The van der Waals surface area contributed by atoms with Gasteiger partial charge in [0.05, 0.1) is 27.5 Å². The van der Waals surface area contributed by atoms with Crippen LogP contribution in [0.2, 0.25) is 0 Å². The van der Waals surface area contributed by atoms with Crippen LogP contribution in [0.3, 0.4) is 0 Å². The Morgan fingerprint density at radius 3 is 1.30 bits per heavy atom. The third kappa shape index (κ3) is 6.75. The molecule has 0 unspecified atom stereocenters. The molecular formula is C76H52N4. The Labute approximate surface area is 465 Å². The third-order valence-electron chi connectivity index (χ3n) is 17.4. The zero-order valence-electron chi connectivity index (χ0n) is 44.3. The normalized spacial score (nSPS) is 13.6. The average molecular weight is 1020 g/mol. The number of hydrogen-bond acceptors (Lipinski definition) is 2. The van der Waals surface area contributed by atoms with Crippen LogP contribution in [0, 0.1) is 0 Å². The van der Waals surface area contributed by atoms with E-state index in [0.717, 1.165) is 56.2 Å². The van der Waals surface area contributed by atoms with E-state index in [2.05, 4.69) is 302 Å². The van der Waals surface area contributed by atoms with Crippen LogP contribution in [-0.2, 0) is 10.8 Å². The van der Waals surface area contributed by atoms with Crippen molar-refractivity contribution in [1.82, 2.24) is 19.1 Å². The van der Waals surface area contributed by atoms with Crippen molar-refractivity contribution in [1.29, 1.82) is 0 Å². The first-order valence-corrected chi connectivity index (χ1v) is 27.7. The molecule has 0 bridgehead atoms. The highest BCUT2D eigenvalue weighted by Gasteiger charge is 2.49. The fourth-order valence-electron chi connectivity index (χ4n) is 13.7. The molecule has 0 radical (unpaired) electrons. The fraction of sp³-hybridized carbons (Fsp3) is 0.0526. The molecule has 0 spiro atoms. The van der Waals surface area contributed by atoms with Crippen LogP contribution in [0.1, 0.15) is 47.2 Å². The second-order valence-corrected chi connectivity index (χ2v) is 22.0. The SMILES string of the molecule is CC1(C)c2cc(-c3ccc(-n4c(-c5ccccc5)nc5ccccc54)cc3)ccc2-c2cc3c(cc21)-c1c(cc(-c2ccc(-n4c(-c5ccccc5)nc5ccccc54)cc2)c2ccccc12)C3(c1ccccc1)c1ccccc1. The number of hydrogen-bond donors (Lipinski definition) is 0. The van der Waals surface area contributed by atoms with Crippen LogP contribution < -0.4 is 0 Å². The van der Waals surface area contributed by atoms with Gasteiger partial charge in [-0.25, -0.2) is 9.97 Å². The Morgan fingerprint density at radius 1 is 0.300 bits per heavy atom. The maximum absolute atomic E-state index is 5.16. The maximum Gasteiger partial charge on any atom is 0.145 e.